The van der Waals surface area contributed by atoms with Crippen molar-refractivity contribution in [3.05, 3.63) is 24.2 Å². The topological polar surface area (TPSA) is 51.0 Å². The summed E-state index contributed by atoms with van der Waals surface area (Å²) in [5.74, 6) is 2.43. The molecule has 5 nitrogen and oxygen atoms in total. The Morgan fingerprint density at radius 2 is 2.08 bits per heavy atom. The van der Waals surface area contributed by atoms with E-state index in [1.807, 2.05) is 18.3 Å². The van der Waals surface area contributed by atoms with Crippen molar-refractivity contribution in [3.8, 4) is 0 Å². The van der Waals surface area contributed by atoms with Crippen LogP contribution in [0.25, 0.3) is 11.2 Å². The van der Waals surface area contributed by atoms with E-state index in [4.69, 9.17) is 4.98 Å². The Bertz CT molecular complexity index is 762. The third kappa shape index (κ3) is 3.49. The maximum absolute atomic E-state index is 12.8. The number of fused-ring (bicyclic) bond motifs is 1. The number of aromatic nitrogens is 3. The Balaban J connectivity index is 1.47. The average molecular weight is 354 g/mol. The van der Waals surface area contributed by atoms with Crippen molar-refractivity contribution < 1.29 is 4.79 Å². The molecule has 5 heteroatoms. The summed E-state index contributed by atoms with van der Waals surface area (Å²) in [5, 5.41) is 0. The van der Waals surface area contributed by atoms with E-state index in [1.165, 1.54) is 32.1 Å². The summed E-state index contributed by atoms with van der Waals surface area (Å²) < 4.78 is 2.27. The molecule has 26 heavy (non-hydrogen) atoms. The third-order valence-corrected chi connectivity index (χ3v) is 6.07. The molecule has 1 saturated heterocycles. The van der Waals surface area contributed by atoms with Crippen LogP contribution in [0.2, 0.25) is 0 Å². The smallest absolute Gasteiger partial charge is 0.222 e. The fraction of sp³-hybridized carbons (Fsp3) is 0.667. The fourth-order valence-corrected chi connectivity index (χ4v) is 4.70. The largest absolute Gasteiger partial charge is 0.342 e. The maximum Gasteiger partial charge on any atom is 0.222 e. The van der Waals surface area contributed by atoms with Gasteiger partial charge in [-0.25, -0.2) is 9.97 Å². The van der Waals surface area contributed by atoms with Crippen molar-refractivity contribution in [2.75, 3.05) is 13.1 Å². The quantitative estimate of drug-likeness (QED) is 0.811. The Labute approximate surface area is 155 Å². The molecule has 0 radical (unpaired) electrons. The number of aryl methyl sites for hydroxylation is 1. The Morgan fingerprint density at radius 3 is 2.88 bits per heavy atom. The SMILES string of the molecule is CCCn1c([C@@H]2CCN(C(=O)CC3CCCCC3)C2)nc2cccnc21. The monoisotopic (exact) mass is 354 g/mol. The lowest BCUT2D eigenvalue weighted by atomic mass is 9.87. The molecular weight excluding hydrogens is 324 g/mol. The molecule has 1 atom stereocenters. The molecule has 0 aromatic carbocycles. The van der Waals surface area contributed by atoms with Crippen LogP contribution in [0.5, 0.6) is 0 Å². The highest BCUT2D eigenvalue weighted by molar-refractivity contribution is 5.77. The minimum Gasteiger partial charge on any atom is -0.342 e. The van der Waals surface area contributed by atoms with E-state index in [0.29, 0.717) is 17.7 Å². The minimum atomic E-state index is 0.339. The Morgan fingerprint density at radius 1 is 1.23 bits per heavy atom. The lowest BCUT2D eigenvalue weighted by Crippen LogP contribution is -2.30. The predicted octanol–water partition coefficient (Wildman–Crippen LogP) is 4.13. The number of carbonyl (C=O) groups excluding carboxylic acids is 1. The summed E-state index contributed by atoms with van der Waals surface area (Å²) in [6, 6.07) is 3.99. The van der Waals surface area contributed by atoms with Crippen LogP contribution in [0.3, 0.4) is 0 Å². The summed E-state index contributed by atoms with van der Waals surface area (Å²) in [7, 11) is 0. The maximum atomic E-state index is 12.8. The molecule has 1 aliphatic heterocycles. The van der Waals surface area contributed by atoms with Crippen LogP contribution in [-0.4, -0.2) is 38.4 Å². The van der Waals surface area contributed by atoms with Crippen LogP contribution in [0.15, 0.2) is 18.3 Å². The van der Waals surface area contributed by atoms with Gasteiger partial charge in [-0.2, -0.15) is 0 Å². The standard InChI is InChI=1S/C21H30N4O/c1-2-12-25-20(23-18-9-6-11-22-21(18)25)17-10-13-24(15-17)19(26)14-16-7-4-3-5-8-16/h6,9,11,16-17H,2-5,7-8,10,12-15H2,1H3/t17-/m1/s1. The van der Waals surface area contributed by atoms with Crippen LogP contribution in [-0.2, 0) is 11.3 Å². The van der Waals surface area contributed by atoms with Gasteiger partial charge in [-0.05, 0) is 43.7 Å². The number of rotatable bonds is 5. The molecule has 1 saturated carbocycles. The number of likely N-dealkylation sites (tertiary alicyclic amines) is 1. The van der Waals surface area contributed by atoms with Crippen molar-refractivity contribution in [1.82, 2.24) is 19.4 Å². The van der Waals surface area contributed by atoms with Gasteiger partial charge < -0.3 is 9.47 Å². The second-order valence-corrected chi connectivity index (χ2v) is 8.00. The first-order valence-corrected chi connectivity index (χ1v) is 10.3. The molecule has 0 spiro atoms. The lowest BCUT2D eigenvalue weighted by Gasteiger charge is -2.24. The van der Waals surface area contributed by atoms with Crippen molar-refractivity contribution in [2.24, 2.45) is 5.92 Å². The zero-order valence-corrected chi connectivity index (χ0v) is 15.9. The zero-order chi connectivity index (χ0) is 17.9. The Hall–Kier alpha value is -1.91. The summed E-state index contributed by atoms with van der Waals surface area (Å²) >= 11 is 0. The molecule has 1 amide bonds. The van der Waals surface area contributed by atoms with Gasteiger partial charge in [0.15, 0.2) is 5.65 Å². The number of pyridine rings is 1. The van der Waals surface area contributed by atoms with Crippen molar-refractivity contribution in [2.45, 2.75) is 70.8 Å². The van der Waals surface area contributed by atoms with Crippen LogP contribution in [0, 0.1) is 5.92 Å². The van der Waals surface area contributed by atoms with E-state index < -0.39 is 0 Å². The first kappa shape index (κ1) is 17.5. The summed E-state index contributed by atoms with van der Waals surface area (Å²) in [6.07, 6.45) is 11.1. The molecule has 2 fully saturated rings. The number of carbonyl (C=O) groups is 1. The molecule has 2 aliphatic rings. The molecule has 3 heterocycles. The normalized spacial score (nSPS) is 21.6. The van der Waals surface area contributed by atoms with Crippen LogP contribution in [0.4, 0.5) is 0 Å². The first-order chi connectivity index (χ1) is 12.8. The van der Waals surface area contributed by atoms with Gasteiger partial charge in [0.1, 0.15) is 11.3 Å². The summed E-state index contributed by atoms with van der Waals surface area (Å²) in [4.78, 5) is 24.3. The van der Waals surface area contributed by atoms with Gasteiger partial charge in [-0.15, -0.1) is 0 Å². The van der Waals surface area contributed by atoms with E-state index in [1.54, 1.807) is 0 Å². The van der Waals surface area contributed by atoms with Gasteiger partial charge in [0.2, 0.25) is 5.91 Å². The molecule has 1 aliphatic carbocycles. The van der Waals surface area contributed by atoms with Crippen molar-refractivity contribution >= 4 is 17.1 Å². The number of amides is 1. The number of hydrogen-bond donors (Lipinski definition) is 0. The van der Waals surface area contributed by atoms with Gasteiger partial charge in [-0.1, -0.05) is 26.2 Å². The summed E-state index contributed by atoms with van der Waals surface area (Å²) in [6.45, 7) is 4.82. The molecule has 0 N–H and O–H groups in total. The van der Waals surface area contributed by atoms with E-state index in [2.05, 4.69) is 21.4 Å². The van der Waals surface area contributed by atoms with E-state index in [9.17, 15) is 4.79 Å². The van der Waals surface area contributed by atoms with Gasteiger partial charge in [0.05, 0.1) is 0 Å². The van der Waals surface area contributed by atoms with Crippen molar-refractivity contribution in [3.63, 3.8) is 0 Å². The minimum absolute atomic E-state index is 0.339. The highest BCUT2D eigenvalue weighted by atomic mass is 16.2. The van der Waals surface area contributed by atoms with Gasteiger partial charge in [0.25, 0.3) is 0 Å². The lowest BCUT2D eigenvalue weighted by molar-refractivity contribution is -0.131. The van der Waals surface area contributed by atoms with Gasteiger partial charge >= 0.3 is 0 Å². The van der Waals surface area contributed by atoms with E-state index in [0.717, 1.165) is 55.9 Å². The molecule has 2 aromatic rings. The van der Waals surface area contributed by atoms with Crippen LogP contribution in [0.1, 0.15) is 70.0 Å². The summed E-state index contributed by atoms with van der Waals surface area (Å²) in [5.41, 5.74) is 1.96. The van der Waals surface area contributed by atoms with Crippen LogP contribution >= 0.6 is 0 Å². The van der Waals surface area contributed by atoms with Gasteiger partial charge in [-0.3, -0.25) is 4.79 Å². The van der Waals surface area contributed by atoms with Crippen molar-refractivity contribution in [1.29, 1.82) is 0 Å². The Kier molecular flexibility index (Phi) is 5.23. The number of nitrogens with zero attached hydrogens (tertiary/aromatic N) is 4. The second kappa shape index (κ2) is 7.77. The molecular formula is C21H30N4O. The first-order valence-electron chi connectivity index (χ1n) is 10.3. The van der Waals surface area contributed by atoms with E-state index in [-0.39, 0.29) is 0 Å². The number of imidazole rings is 1. The van der Waals surface area contributed by atoms with E-state index >= 15 is 0 Å². The second-order valence-electron chi connectivity index (χ2n) is 8.00. The molecule has 0 unspecified atom stereocenters. The third-order valence-electron chi connectivity index (χ3n) is 6.07. The average Bonchev–Trinajstić information content (AvgIpc) is 3.28. The molecule has 140 valence electrons. The molecule has 0 bridgehead atoms. The zero-order valence-electron chi connectivity index (χ0n) is 15.9. The fourth-order valence-electron chi connectivity index (χ4n) is 4.70. The number of hydrogen-bond acceptors (Lipinski definition) is 3. The highest BCUT2D eigenvalue weighted by Gasteiger charge is 2.32. The molecule has 2 aromatic heterocycles. The predicted molar refractivity (Wildman–Crippen MR) is 103 cm³/mol. The molecule has 4 rings (SSSR count). The highest BCUT2D eigenvalue weighted by Crippen LogP contribution is 2.31. The van der Waals surface area contributed by atoms with Gasteiger partial charge in [0, 0.05) is 38.2 Å². The van der Waals surface area contributed by atoms with Crippen LogP contribution < -0.4 is 0 Å².